The van der Waals surface area contributed by atoms with Crippen LogP contribution in [0.5, 0.6) is 0 Å². The minimum Gasteiger partial charge on any atom is -0.333 e. The summed E-state index contributed by atoms with van der Waals surface area (Å²) in [7, 11) is 0. The van der Waals surface area contributed by atoms with Gasteiger partial charge in [0.2, 0.25) is 5.91 Å². The van der Waals surface area contributed by atoms with Crippen LogP contribution in [-0.2, 0) is 4.79 Å². The van der Waals surface area contributed by atoms with Gasteiger partial charge in [-0.3, -0.25) is 4.79 Å². The van der Waals surface area contributed by atoms with Crippen molar-refractivity contribution in [3.8, 4) is 0 Å². The molecule has 0 aliphatic rings. The van der Waals surface area contributed by atoms with Gasteiger partial charge in [0.05, 0.1) is 16.3 Å². The molecule has 23 heavy (non-hydrogen) atoms. The van der Waals surface area contributed by atoms with E-state index in [-0.39, 0.29) is 17.0 Å². The van der Waals surface area contributed by atoms with E-state index in [1.54, 1.807) is 26.0 Å². The largest absolute Gasteiger partial charge is 0.333 e. The van der Waals surface area contributed by atoms with Gasteiger partial charge in [-0.25, -0.2) is 9.37 Å². The maximum Gasteiger partial charge on any atom is 0.237 e. The molecule has 6 heteroatoms. The first kappa shape index (κ1) is 15.6. The van der Waals surface area contributed by atoms with E-state index in [1.165, 1.54) is 17.8 Å². The van der Waals surface area contributed by atoms with E-state index >= 15 is 0 Å². The molecule has 2 aromatic carbocycles. The molecule has 0 fully saturated rings. The molecule has 1 amide bonds. The molecule has 118 valence electrons. The van der Waals surface area contributed by atoms with Crippen LogP contribution in [0.3, 0.4) is 0 Å². The molecular formula is C17H16FN3OS. The third-order valence-corrected chi connectivity index (χ3v) is 4.45. The molecule has 2 N–H and O–H groups in total. The van der Waals surface area contributed by atoms with Gasteiger partial charge in [0, 0.05) is 5.69 Å². The first-order valence-corrected chi connectivity index (χ1v) is 8.09. The van der Waals surface area contributed by atoms with Gasteiger partial charge in [0.1, 0.15) is 5.82 Å². The van der Waals surface area contributed by atoms with Gasteiger partial charge < -0.3 is 10.3 Å². The van der Waals surface area contributed by atoms with Crippen molar-refractivity contribution in [2.45, 2.75) is 24.3 Å². The highest BCUT2D eigenvalue weighted by atomic mass is 32.2. The predicted molar refractivity (Wildman–Crippen MR) is 91.2 cm³/mol. The minimum atomic E-state index is -0.361. The number of aromatic amines is 1. The van der Waals surface area contributed by atoms with Gasteiger partial charge >= 0.3 is 0 Å². The summed E-state index contributed by atoms with van der Waals surface area (Å²) in [6, 6.07) is 12.3. The van der Waals surface area contributed by atoms with Gasteiger partial charge in [0.15, 0.2) is 5.16 Å². The molecule has 0 radical (unpaired) electrons. The van der Waals surface area contributed by atoms with Crippen molar-refractivity contribution in [3.63, 3.8) is 0 Å². The summed E-state index contributed by atoms with van der Waals surface area (Å²) in [4.78, 5) is 19.8. The van der Waals surface area contributed by atoms with E-state index in [4.69, 9.17) is 0 Å². The number of H-pyrrole nitrogens is 1. The summed E-state index contributed by atoms with van der Waals surface area (Å²) < 4.78 is 13.5. The van der Waals surface area contributed by atoms with Gasteiger partial charge in [0.25, 0.3) is 0 Å². The average Bonchev–Trinajstić information content (AvgIpc) is 2.93. The van der Waals surface area contributed by atoms with Crippen molar-refractivity contribution in [3.05, 3.63) is 53.8 Å². The molecular weight excluding hydrogens is 313 g/mol. The molecule has 3 rings (SSSR count). The third kappa shape index (κ3) is 3.53. The molecule has 1 aromatic heterocycles. The topological polar surface area (TPSA) is 57.8 Å². The van der Waals surface area contributed by atoms with Crippen molar-refractivity contribution in [1.29, 1.82) is 0 Å². The molecule has 0 saturated carbocycles. The second kappa shape index (κ2) is 6.42. The van der Waals surface area contributed by atoms with Gasteiger partial charge in [-0.2, -0.15) is 0 Å². The fourth-order valence-electron chi connectivity index (χ4n) is 2.12. The highest BCUT2D eigenvalue weighted by Gasteiger charge is 2.17. The number of para-hydroxylation sites is 2. The molecule has 0 aliphatic carbocycles. The average molecular weight is 329 g/mol. The highest BCUT2D eigenvalue weighted by Crippen LogP contribution is 2.24. The molecule has 1 heterocycles. The second-order valence-corrected chi connectivity index (χ2v) is 6.60. The summed E-state index contributed by atoms with van der Waals surface area (Å²) in [6.07, 6.45) is 0. The number of aryl methyl sites for hydroxylation is 1. The fourth-order valence-corrected chi connectivity index (χ4v) is 2.94. The number of hydrogen-bond donors (Lipinski definition) is 2. The first-order chi connectivity index (χ1) is 11.0. The quantitative estimate of drug-likeness (QED) is 0.708. The Labute approximate surface area is 137 Å². The van der Waals surface area contributed by atoms with Crippen LogP contribution in [0.2, 0.25) is 0 Å². The van der Waals surface area contributed by atoms with Gasteiger partial charge in [-0.15, -0.1) is 0 Å². The van der Waals surface area contributed by atoms with Gasteiger partial charge in [-0.05, 0) is 43.7 Å². The Kier molecular flexibility index (Phi) is 4.34. The summed E-state index contributed by atoms with van der Waals surface area (Å²) >= 11 is 1.33. The number of hydrogen-bond acceptors (Lipinski definition) is 3. The summed E-state index contributed by atoms with van der Waals surface area (Å²) in [5.74, 6) is -0.529. The predicted octanol–water partition coefficient (Wildman–Crippen LogP) is 4.13. The van der Waals surface area contributed by atoms with Crippen LogP contribution >= 0.6 is 11.8 Å². The van der Waals surface area contributed by atoms with Crippen molar-refractivity contribution in [1.82, 2.24) is 9.97 Å². The van der Waals surface area contributed by atoms with Crippen LogP contribution in [-0.4, -0.2) is 21.1 Å². The van der Waals surface area contributed by atoms with Crippen LogP contribution in [0.15, 0.2) is 47.6 Å². The normalized spacial score (nSPS) is 12.3. The first-order valence-electron chi connectivity index (χ1n) is 7.21. The van der Waals surface area contributed by atoms with Crippen LogP contribution in [0, 0.1) is 12.7 Å². The Morgan fingerprint density at radius 3 is 2.83 bits per heavy atom. The number of nitrogens with one attached hydrogen (secondary N) is 2. The monoisotopic (exact) mass is 329 g/mol. The number of anilines is 1. The Morgan fingerprint density at radius 2 is 2.09 bits per heavy atom. The lowest BCUT2D eigenvalue weighted by molar-refractivity contribution is -0.115. The number of thioether (sulfide) groups is 1. The van der Waals surface area contributed by atoms with Crippen LogP contribution < -0.4 is 5.32 Å². The molecule has 0 saturated heterocycles. The van der Waals surface area contributed by atoms with E-state index in [0.717, 1.165) is 11.0 Å². The number of nitrogens with zero attached hydrogens (tertiary/aromatic N) is 1. The number of amides is 1. The lowest BCUT2D eigenvalue weighted by Gasteiger charge is -2.11. The zero-order valence-corrected chi connectivity index (χ0v) is 13.6. The molecule has 0 aliphatic heterocycles. The molecule has 4 nitrogen and oxygen atoms in total. The summed E-state index contributed by atoms with van der Waals surface area (Å²) in [6.45, 7) is 3.47. The van der Waals surface area contributed by atoms with E-state index in [2.05, 4.69) is 15.3 Å². The number of carbonyl (C=O) groups excluding carboxylic acids is 1. The van der Waals surface area contributed by atoms with Crippen molar-refractivity contribution in [2.75, 3.05) is 5.32 Å². The van der Waals surface area contributed by atoms with E-state index in [9.17, 15) is 9.18 Å². The number of halogens is 1. The van der Waals surface area contributed by atoms with Crippen molar-refractivity contribution < 1.29 is 9.18 Å². The van der Waals surface area contributed by atoms with E-state index in [0.29, 0.717) is 16.4 Å². The number of benzene rings is 2. The Morgan fingerprint density at radius 1 is 1.30 bits per heavy atom. The fraction of sp³-hybridized carbons (Fsp3) is 0.176. The third-order valence-electron chi connectivity index (χ3n) is 3.46. The number of aromatic nitrogens is 2. The second-order valence-electron chi connectivity index (χ2n) is 5.27. The lowest BCUT2D eigenvalue weighted by atomic mass is 10.2. The number of rotatable bonds is 4. The minimum absolute atomic E-state index is 0.196. The van der Waals surface area contributed by atoms with Gasteiger partial charge in [-0.1, -0.05) is 30.0 Å². The Balaban J connectivity index is 1.68. The Hall–Kier alpha value is -2.34. The molecule has 0 bridgehead atoms. The summed E-state index contributed by atoms with van der Waals surface area (Å²) in [5.41, 5.74) is 2.80. The number of carbonyl (C=O) groups is 1. The molecule has 1 unspecified atom stereocenters. The molecule has 0 spiro atoms. The smallest absolute Gasteiger partial charge is 0.237 e. The van der Waals surface area contributed by atoms with E-state index < -0.39 is 0 Å². The van der Waals surface area contributed by atoms with Crippen molar-refractivity contribution in [2.24, 2.45) is 0 Å². The van der Waals surface area contributed by atoms with E-state index in [1.807, 2.05) is 24.3 Å². The molecule has 1 atom stereocenters. The highest BCUT2D eigenvalue weighted by molar-refractivity contribution is 8.00. The zero-order chi connectivity index (χ0) is 16.4. The number of fused-ring (bicyclic) bond motifs is 1. The zero-order valence-electron chi connectivity index (χ0n) is 12.8. The number of imidazole rings is 1. The summed E-state index contributed by atoms with van der Waals surface area (Å²) in [5, 5.41) is 3.05. The van der Waals surface area contributed by atoms with Crippen LogP contribution in [0.1, 0.15) is 12.5 Å². The molecule has 3 aromatic rings. The van der Waals surface area contributed by atoms with Crippen LogP contribution in [0.25, 0.3) is 11.0 Å². The van der Waals surface area contributed by atoms with Crippen molar-refractivity contribution >= 4 is 34.4 Å². The Bertz CT molecular complexity index is 829. The standard InChI is InChI=1S/C17H16FN3OS/c1-10-7-8-12(9-13(10)18)19-16(22)11(2)23-17-20-14-5-3-4-6-15(14)21-17/h3-9,11H,1-2H3,(H,19,22)(H,20,21). The maximum atomic E-state index is 13.5. The maximum absolute atomic E-state index is 13.5. The van der Waals surface area contributed by atoms with Crippen LogP contribution in [0.4, 0.5) is 10.1 Å². The SMILES string of the molecule is Cc1ccc(NC(=O)C(C)Sc2nc3ccccc3[nH]2)cc1F. The lowest BCUT2D eigenvalue weighted by Crippen LogP contribution is -2.22.